The van der Waals surface area contributed by atoms with Crippen LogP contribution in [0.1, 0.15) is 66.6 Å². The second-order valence-corrected chi connectivity index (χ2v) is 13.4. The van der Waals surface area contributed by atoms with Gasteiger partial charge in [-0.3, -0.25) is 0 Å². The van der Waals surface area contributed by atoms with Crippen LogP contribution >= 0.6 is 0 Å². The lowest BCUT2D eigenvalue weighted by Crippen LogP contribution is -2.33. The van der Waals surface area contributed by atoms with E-state index >= 15 is 0 Å². The summed E-state index contributed by atoms with van der Waals surface area (Å²) in [5, 5.41) is 2.68. The molecule has 0 amide bonds. The Morgan fingerprint density at radius 2 is 1.05 bits per heavy atom. The lowest BCUT2D eigenvalue weighted by molar-refractivity contribution is 0.593. The molecule has 6 aromatic rings. The number of aryl methyl sites for hydroxylation is 3. The Morgan fingerprint density at radius 1 is 0.488 bits per heavy atom. The van der Waals surface area contributed by atoms with E-state index in [-0.39, 0.29) is 10.8 Å². The van der Waals surface area contributed by atoms with Crippen LogP contribution in [0, 0.1) is 20.8 Å². The molecule has 202 valence electrons. The average Bonchev–Trinajstić information content (AvgIpc) is 3.26. The molecule has 5 aromatic carbocycles. The molecule has 2 aliphatic heterocycles. The van der Waals surface area contributed by atoms with Gasteiger partial charge in [-0.25, -0.2) is 0 Å². The molecule has 1 aromatic heterocycles. The number of aromatic nitrogens is 1. The molecule has 0 radical (unpaired) electrons. The molecule has 0 fully saturated rings. The Balaban J connectivity index is 1.53. The lowest BCUT2D eigenvalue weighted by atomic mass is 9.68. The molecule has 0 aliphatic carbocycles. The molecule has 0 saturated heterocycles. The first-order valence-corrected chi connectivity index (χ1v) is 14.8. The maximum Gasteiger partial charge on any atom is 0.0583 e. The molecular weight excluding hydrogens is 496 g/mol. The van der Waals surface area contributed by atoms with Crippen LogP contribution in [0.4, 0.5) is 17.1 Å². The van der Waals surface area contributed by atoms with Crippen molar-refractivity contribution in [1.29, 1.82) is 0 Å². The van der Waals surface area contributed by atoms with Crippen molar-refractivity contribution in [2.45, 2.75) is 59.3 Å². The largest absolute Gasteiger partial charge is 0.310 e. The summed E-state index contributed by atoms with van der Waals surface area (Å²) in [7, 11) is 0. The third-order valence-corrected chi connectivity index (χ3v) is 9.84. The summed E-state index contributed by atoms with van der Waals surface area (Å²) in [4.78, 5) is 2.45. The molecule has 0 bridgehead atoms. The number of nitrogens with zero attached hydrogens (tertiary/aromatic N) is 2. The van der Waals surface area contributed by atoms with E-state index in [1.54, 1.807) is 0 Å². The quantitative estimate of drug-likeness (QED) is 0.220. The Kier molecular flexibility index (Phi) is 4.73. The summed E-state index contributed by atoms with van der Waals surface area (Å²) >= 11 is 0. The number of para-hydroxylation sites is 2. The monoisotopic (exact) mass is 532 g/mol. The van der Waals surface area contributed by atoms with Crippen molar-refractivity contribution in [3.05, 3.63) is 130 Å². The minimum atomic E-state index is -0.154. The number of fused-ring (bicyclic) bond motifs is 1. The van der Waals surface area contributed by atoms with Gasteiger partial charge in [0.1, 0.15) is 0 Å². The highest BCUT2D eigenvalue weighted by atomic mass is 15.1. The van der Waals surface area contributed by atoms with Crippen LogP contribution in [0.25, 0.3) is 27.5 Å². The average molecular weight is 533 g/mol. The summed E-state index contributed by atoms with van der Waals surface area (Å²) in [6.45, 7) is 16.2. The Labute approximate surface area is 242 Å². The molecule has 41 heavy (non-hydrogen) atoms. The van der Waals surface area contributed by atoms with Crippen molar-refractivity contribution < 1.29 is 0 Å². The first-order chi connectivity index (χ1) is 19.6. The fourth-order valence-corrected chi connectivity index (χ4v) is 7.82. The van der Waals surface area contributed by atoms with Gasteiger partial charge in [0.25, 0.3) is 0 Å². The van der Waals surface area contributed by atoms with Gasteiger partial charge in [0.2, 0.25) is 0 Å². The van der Waals surface area contributed by atoms with Crippen LogP contribution in [0.3, 0.4) is 0 Å². The van der Waals surface area contributed by atoms with E-state index in [0.29, 0.717) is 0 Å². The molecule has 0 spiro atoms. The van der Waals surface area contributed by atoms with Gasteiger partial charge in [0.05, 0.1) is 16.7 Å². The molecule has 2 aliphatic rings. The number of rotatable bonds is 3. The summed E-state index contributed by atoms with van der Waals surface area (Å²) in [6.07, 6.45) is 0. The SMILES string of the molecule is Cc1ccc(N(c2cc(C)cc(C)c2)c2cc3c4c(c2)c2cccc5c2n4-c2c(cccc2C3(C)C)C5(C)C)cc1. The summed E-state index contributed by atoms with van der Waals surface area (Å²) < 4.78 is 2.60. The Bertz CT molecular complexity index is 2050. The topological polar surface area (TPSA) is 8.17 Å². The first kappa shape index (κ1) is 24.5. The number of hydrogen-bond acceptors (Lipinski definition) is 1. The predicted molar refractivity (Wildman–Crippen MR) is 174 cm³/mol. The third kappa shape index (κ3) is 3.14. The summed E-state index contributed by atoms with van der Waals surface area (Å²) in [5.74, 6) is 0. The van der Waals surface area contributed by atoms with E-state index in [1.165, 1.54) is 83.5 Å². The number of benzene rings is 5. The number of hydrogen-bond donors (Lipinski definition) is 0. The maximum atomic E-state index is 2.60. The molecule has 0 N–H and O–H groups in total. The molecule has 3 heterocycles. The van der Waals surface area contributed by atoms with Crippen molar-refractivity contribution in [2.24, 2.45) is 0 Å². The van der Waals surface area contributed by atoms with Gasteiger partial charge in [-0.15, -0.1) is 0 Å². The van der Waals surface area contributed by atoms with Crippen molar-refractivity contribution >= 4 is 38.9 Å². The van der Waals surface area contributed by atoms with Crippen molar-refractivity contribution in [1.82, 2.24) is 4.57 Å². The smallest absolute Gasteiger partial charge is 0.0583 e. The highest BCUT2D eigenvalue weighted by molar-refractivity contribution is 6.15. The molecule has 0 saturated carbocycles. The molecule has 2 heteroatoms. The highest BCUT2D eigenvalue weighted by Gasteiger charge is 2.43. The lowest BCUT2D eigenvalue weighted by Gasteiger charge is -2.42. The highest BCUT2D eigenvalue weighted by Crippen LogP contribution is 2.56. The van der Waals surface area contributed by atoms with Gasteiger partial charge >= 0.3 is 0 Å². The maximum absolute atomic E-state index is 2.60. The summed E-state index contributed by atoms with van der Waals surface area (Å²) in [5.41, 5.74) is 16.9. The number of anilines is 3. The van der Waals surface area contributed by atoms with E-state index < -0.39 is 0 Å². The third-order valence-electron chi connectivity index (χ3n) is 9.84. The zero-order valence-corrected chi connectivity index (χ0v) is 25.1. The van der Waals surface area contributed by atoms with Crippen LogP contribution in [-0.2, 0) is 10.8 Å². The Hall–Kier alpha value is -4.30. The van der Waals surface area contributed by atoms with Crippen LogP contribution in [-0.4, -0.2) is 4.57 Å². The van der Waals surface area contributed by atoms with Crippen molar-refractivity contribution in [2.75, 3.05) is 4.90 Å². The van der Waals surface area contributed by atoms with E-state index in [4.69, 9.17) is 0 Å². The van der Waals surface area contributed by atoms with Gasteiger partial charge in [-0.05, 0) is 90.6 Å². The van der Waals surface area contributed by atoms with Crippen molar-refractivity contribution in [3.8, 4) is 5.69 Å². The molecule has 2 nitrogen and oxygen atoms in total. The van der Waals surface area contributed by atoms with Crippen molar-refractivity contribution in [3.63, 3.8) is 0 Å². The Morgan fingerprint density at radius 3 is 1.73 bits per heavy atom. The zero-order valence-electron chi connectivity index (χ0n) is 25.1. The fraction of sp³-hybridized carbons (Fsp3) is 0.231. The molecule has 8 rings (SSSR count). The van der Waals surface area contributed by atoms with Crippen LogP contribution in [0.15, 0.2) is 91.0 Å². The standard InChI is InChI=1S/C39H36N2/c1-23-14-16-26(17-15-23)40(27-19-24(2)18-25(3)20-27)28-21-30-29-10-8-11-31-35(29)41-36(30)34(22-28)39(6,7)33-13-9-12-32(37(33)41)38(31,4)5/h8-22H,1-7H3. The molecule has 0 unspecified atom stereocenters. The first-order valence-electron chi connectivity index (χ1n) is 14.8. The fourth-order valence-electron chi connectivity index (χ4n) is 7.82. The molecular formula is C39H36N2. The zero-order chi connectivity index (χ0) is 28.4. The van der Waals surface area contributed by atoms with Crippen LogP contribution < -0.4 is 4.90 Å². The van der Waals surface area contributed by atoms with E-state index in [9.17, 15) is 0 Å². The van der Waals surface area contributed by atoms with Crippen LogP contribution in [0.5, 0.6) is 0 Å². The van der Waals surface area contributed by atoms with Crippen LogP contribution in [0.2, 0.25) is 0 Å². The summed E-state index contributed by atoms with van der Waals surface area (Å²) in [6, 6.07) is 34.7. The van der Waals surface area contributed by atoms with E-state index in [0.717, 1.165) is 0 Å². The second-order valence-electron chi connectivity index (χ2n) is 13.4. The molecule has 0 atom stereocenters. The van der Waals surface area contributed by atoms with Gasteiger partial charge in [-0.2, -0.15) is 0 Å². The van der Waals surface area contributed by atoms with Gasteiger partial charge in [0.15, 0.2) is 0 Å². The predicted octanol–water partition coefficient (Wildman–Crippen LogP) is 10.5. The van der Waals surface area contributed by atoms with E-state index in [1.807, 2.05) is 0 Å². The second kappa shape index (κ2) is 7.91. The minimum absolute atomic E-state index is 0.0708. The van der Waals surface area contributed by atoms with Gasteiger partial charge in [-0.1, -0.05) is 87.9 Å². The van der Waals surface area contributed by atoms with Gasteiger partial charge < -0.3 is 9.47 Å². The normalized spacial score (nSPS) is 15.6. The minimum Gasteiger partial charge on any atom is -0.310 e. The van der Waals surface area contributed by atoms with Gasteiger partial charge in [0, 0.05) is 38.7 Å². The van der Waals surface area contributed by atoms with E-state index in [2.05, 4.69) is 149 Å².